The van der Waals surface area contributed by atoms with Crippen molar-refractivity contribution in [2.45, 2.75) is 12.8 Å². The van der Waals surface area contributed by atoms with Crippen molar-refractivity contribution in [1.82, 2.24) is 4.90 Å². The average Bonchev–Trinajstić information content (AvgIpc) is 2.77. The maximum absolute atomic E-state index is 12.7. The molecule has 0 atom stereocenters. The Morgan fingerprint density at radius 3 is 2.03 bits per heavy atom. The number of rotatable bonds is 7. The molecule has 156 valence electrons. The molecule has 7 nitrogen and oxygen atoms in total. The first kappa shape index (κ1) is 20.6. The van der Waals surface area contributed by atoms with Crippen molar-refractivity contribution in [2.24, 2.45) is 0 Å². The number of amides is 1. The Morgan fingerprint density at radius 1 is 0.931 bits per heavy atom. The van der Waals surface area contributed by atoms with Crippen LogP contribution in [0.3, 0.4) is 0 Å². The maximum Gasteiger partial charge on any atom is 0.223 e. The number of carbonyl (C=O) groups excluding carboxylic acids is 1. The third kappa shape index (κ3) is 4.85. The summed E-state index contributed by atoms with van der Waals surface area (Å²) < 4.78 is 16.1. The molecule has 29 heavy (non-hydrogen) atoms. The van der Waals surface area contributed by atoms with Crippen LogP contribution in [0.2, 0.25) is 0 Å². The van der Waals surface area contributed by atoms with E-state index >= 15 is 0 Å². The van der Waals surface area contributed by atoms with Crippen LogP contribution in [0.15, 0.2) is 36.4 Å². The summed E-state index contributed by atoms with van der Waals surface area (Å²) in [4.78, 5) is 16.8. The molecule has 3 rings (SSSR count). The van der Waals surface area contributed by atoms with Gasteiger partial charge in [-0.3, -0.25) is 4.79 Å². The van der Waals surface area contributed by atoms with Gasteiger partial charge in [0.05, 0.1) is 21.3 Å². The van der Waals surface area contributed by atoms with E-state index in [0.717, 1.165) is 24.3 Å². The number of aryl methyl sites for hydroxylation is 1. The molecule has 1 fully saturated rings. The van der Waals surface area contributed by atoms with Gasteiger partial charge in [-0.05, 0) is 48.4 Å². The Kier molecular flexibility index (Phi) is 6.69. The van der Waals surface area contributed by atoms with Gasteiger partial charge in [-0.2, -0.15) is 0 Å². The monoisotopic (exact) mass is 400 g/mol. The molecular formula is C22H28N2O5. The Balaban J connectivity index is 1.56. The number of anilines is 1. The second-order valence-electron chi connectivity index (χ2n) is 6.92. The van der Waals surface area contributed by atoms with Crippen LogP contribution in [0, 0.1) is 0 Å². The molecule has 0 radical (unpaired) electrons. The first-order chi connectivity index (χ1) is 14.0. The molecule has 0 spiro atoms. The number of piperazine rings is 1. The van der Waals surface area contributed by atoms with Crippen molar-refractivity contribution in [1.29, 1.82) is 0 Å². The normalized spacial score (nSPS) is 13.9. The van der Waals surface area contributed by atoms with Gasteiger partial charge in [0.25, 0.3) is 0 Å². The second kappa shape index (κ2) is 9.41. The van der Waals surface area contributed by atoms with Crippen LogP contribution >= 0.6 is 0 Å². The van der Waals surface area contributed by atoms with E-state index in [1.165, 1.54) is 0 Å². The van der Waals surface area contributed by atoms with E-state index in [0.29, 0.717) is 43.2 Å². The number of phenolic OH excluding ortho intramolecular Hbond substituents is 1. The summed E-state index contributed by atoms with van der Waals surface area (Å²) in [5, 5.41) is 9.42. The fraction of sp³-hybridized carbons (Fsp3) is 0.409. The van der Waals surface area contributed by atoms with Crippen LogP contribution in [0.4, 0.5) is 5.69 Å². The van der Waals surface area contributed by atoms with Crippen molar-refractivity contribution < 1.29 is 24.1 Å². The number of ether oxygens (including phenoxy) is 3. The van der Waals surface area contributed by atoms with Crippen molar-refractivity contribution in [3.63, 3.8) is 0 Å². The van der Waals surface area contributed by atoms with Gasteiger partial charge in [0.1, 0.15) is 5.75 Å². The van der Waals surface area contributed by atoms with Crippen LogP contribution in [0.5, 0.6) is 23.0 Å². The molecule has 0 unspecified atom stereocenters. The molecule has 2 aromatic rings. The van der Waals surface area contributed by atoms with Crippen LogP contribution in [0.1, 0.15) is 12.0 Å². The highest BCUT2D eigenvalue weighted by Crippen LogP contribution is 2.38. The molecule has 0 saturated carbocycles. The van der Waals surface area contributed by atoms with Crippen molar-refractivity contribution in [2.75, 3.05) is 52.4 Å². The summed E-state index contributed by atoms with van der Waals surface area (Å²) in [7, 11) is 4.74. The Hall–Kier alpha value is -3.09. The predicted octanol–water partition coefficient (Wildman–Crippen LogP) is 2.70. The zero-order valence-corrected chi connectivity index (χ0v) is 17.2. The molecule has 1 aliphatic heterocycles. The summed E-state index contributed by atoms with van der Waals surface area (Å²) in [5.41, 5.74) is 2.03. The van der Waals surface area contributed by atoms with Gasteiger partial charge in [-0.25, -0.2) is 0 Å². The third-order valence-electron chi connectivity index (χ3n) is 5.20. The van der Waals surface area contributed by atoms with Crippen LogP contribution in [-0.4, -0.2) is 63.4 Å². The molecule has 0 aliphatic carbocycles. The number of phenols is 1. The zero-order valence-electron chi connectivity index (χ0n) is 17.2. The Morgan fingerprint density at radius 2 is 1.52 bits per heavy atom. The van der Waals surface area contributed by atoms with E-state index in [4.69, 9.17) is 14.2 Å². The van der Waals surface area contributed by atoms with E-state index in [-0.39, 0.29) is 11.7 Å². The Bertz CT molecular complexity index is 805. The van der Waals surface area contributed by atoms with Crippen molar-refractivity contribution >= 4 is 11.6 Å². The van der Waals surface area contributed by atoms with Gasteiger partial charge >= 0.3 is 0 Å². The number of hydrogen-bond donors (Lipinski definition) is 1. The average molecular weight is 400 g/mol. The second-order valence-corrected chi connectivity index (χ2v) is 6.92. The van der Waals surface area contributed by atoms with Gasteiger partial charge in [-0.1, -0.05) is 0 Å². The quantitative estimate of drug-likeness (QED) is 0.771. The molecule has 1 amide bonds. The van der Waals surface area contributed by atoms with Gasteiger partial charge in [0, 0.05) is 38.3 Å². The van der Waals surface area contributed by atoms with Gasteiger partial charge < -0.3 is 29.1 Å². The highest BCUT2D eigenvalue weighted by molar-refractivity contribution is 5.77. The summed E-state index contributed by atoms with van der Waals surface area (Å²) in [6, 6.07) is 10.9. The van der Waals surface area contributed by atoms with Crippen molar-refractivity contribution in [3.05, 3.63) is 42.0 Å². The first-order valence-electron chi connectivity index (χ1n) is 9.66. The number of methoxy groups -OCH3 is 3. The predicted molar refractivity (Wildman–Crippen MR) is 111 cm³/mol. The number of carbonyl (C=O) groups is 1. The largest absolute Gasteiger partial charge is 0.508 e. The molecule has 7 heteroatoms. The molecule has 1 heterocycles. The number of hydrogen-bond acceptors (Lipinski definition) is 6. The van der Waals surface area contributed by atoms with Gasteiger partial charge in [0.2, 0.25) is 11.7 Å². The molecule has 1 N–H and O–H groups in total. The molecule has 0 aromatic heterocycles. The SMILES string of the molecule is COc1cc(CCC(=O)N2CCN(c3ccc(O)cc3)CC2)cc(OC)c1OC. The topological polar surface area (TPSA) is 71.5 Å². The first-order valence-corrected chi connectivity index (χ1v) is 9.66. The highest BCUT2D eigenvalue weighted by atomic mass is 16.5. The minimum Gasteiger partial charge on any atom is -0.508 e. The lowest BCUT2D eigenvalue weighted by molar-refractivity contribution is -0.131. The summed E-state index contributed by atoms with van der Waals surface area (Å²) >= 11 is 0. The Labute approximate surface area is 171 Å². The summed E-state index contributed by atoms with van der Waals surface area (Å²) in [6.45, 7) is 2.94. The highest BCUT2D eigenvalue weighted by Gasteiger charge is 2.21. The van der Waals surface area contributed by atoms with Crippen molar-refractivity contribution in [3.8, 4) is 23.0 Å². The third-order valence-corrected chi connectivity index (χ3v) is 5.20. The number of aromatic hydroxyl groups is 1. The number of nitrogens with zero attached hydrogens (tertiary/aromatic N) is 2. The maximum atomic E-state index is 12.7. The van der Waals surface area contributed by atoms with E-state index < -0.39 is 0 Å². The van der Waals surface area contributed by atoms with Gasteiger partial charge in [-0.15, -0.1) is 0 Å². The number of benzene rings is 2. The lowest BCUT2D eigenvalue weighted by Gasteiger charge is -2.36. The zero-order chi connectivity index (χ0) is 20.8. The molecule has 1 aliphatic rings. The van der Waals surface area contributed by atoms with Crippen LogP contribution < -0.4 is 19.1 Å². The molecular weight excluding hydrogens is 372 g/mol. The van der Waals surface area contributed by atoms with E-state index in [1.54, 1.807) is 33.5 Å². The smallest absolute Gasteiger partial charge is 0.223 e. The molecule has 2 aromatic carbocycles. The minimum atomic E-state index is 0.143. The van der Waals surface area contributed by atoms with E-state index in [9.17, 15) is 9.90 Å². The molecule has 0 bridgehead atoms. The fourth-order valence-electron chi connectivity index (χ4n) is 3.57. The lowest BCUT2D eigenvalue weighted by atomic mass is 10.1. The van der Waals surface area contributed by atoms with Crippen LogP contribution in [-0.2, 0) is 11.2 Å². The summed E-state index contributed by atoms with van der Waals surface area (Å²) in [6.07, 6.45) is 1.03. The minimum absolute atomic E-state index is 0.143. The fourth-order valence-corrected chi connectivity index (χ4v) is 3.57. The van der Waals surface area contributed by atoms with E-state index in [2.05, 4.69) is 4.90 Å². The summed E-state index contributed by atoms with van der Waals surface area (Å²) in [5.74, 6) is 2.14. The standard InChI is InChI=1S/C22H28N2O5/c1-27-19-14-16(15-20(28-2)22(19)29-3)4-9-21(26)24-12-10-23(11-13-24)17-5-7-18(25)8-6-17/h5-8,14-15,25H,4,9-13H2,1-3H3. The lowest BCUT2D eigenvalue weighted by Crippen LogP contribution is -2.48. The van der Waals surface area contributed by atoms with E-state index in [1.807, 2.05) is 29.2 Å². The van der Waals surface area contributed by atoms with Crippen LogP contribution in [0.25, 0.3) is 0 Å². The molecule has 1 saturated heterocycles. The van der Waals surface area contributed by atoms with Gasteiger partial charge in [0.15, 0.2) is 11.5 Å².